The molecule has 0 unspecified atom stereocenters. The molecule has 22 heavy (non-hydrogen) atoms. The molecule has 1 amide bonds. The van der Waals surface area contributed by atoms with Crippen molar-refractivity contribution < 1.29 is 14.3 Å². The highest BCUT2D eigenvalue weighted by molar-refractivity contribution is 5.77. The Morgan fingerprint density at radius 3 is 2.55 bits per heavy atom. The van der Waals surface area contributed by atoms with Crippen LogP contribution in [0.1, 0.15) is 12.0 Å². The minimum absolute atomic E-state index is 0.105. The van der Waals surface area contributed by atoms with Crippen LogP contribution in [0, 0.1) is 6.92 Å². The minimum atomic E-state index is 0.105. The molecule has 0 aromatic heterocycles. The summed E-state index contributed by atoms with van der Waals surface area (Å²) in [5.41, 5.74) is 1.11. The number of ether oxygens (including phenoxy) is 2. The number of para-hydroxylation sites is 1. The van der Waals surface area contributed by atoms with Gasteiger partial charge in [-0.15, -0.1) is 0 Å². The molecule has 0 N–H and O–H groups in total. The summed E-state index contributed by atoms with van der Waals surface area (Å²) in [5.74, 6) is 0.980. The first-order valence-electron chi connectivity index (χ1n) is 7.64. The van der Waals surface area contributed by atoms with Gasteiger partial charge in [0.1, 0.15) is 12.4 Å². The van der Waals surface area contributed by atoms with E-state index in [1.165, 1.54) is 0 Å². The van der Waals surface area contributed by atoms with E-state index in [-0.39, 0.29) is 5.91 Å². The predicted octanol–water partition coefficient (Wildman–Crippen LogP) is 1.80. The Morgan fingerprint density at radius 2 is 1.86 bits per heavy atom. The number of likely N-dealkylation sites (N-methyl/N-ethyl adjacent to an activating group) is 2. The van der Waals surface area contributed by atoms with Gasteiger partial charge in [0.2, 0.25) is 5.91 Å². The third-order valence-corrected chi connectivity index (χ3v) is 3.50. The van der Waals surface area contributed by atoms with E-state index in [9.17, 15) is 4.79 Å². The molecule has 0 radical (unpaired) electrons. The molecule has 5 nitrogen and oxygen atoms in total. The Bertz CT molecular complexity index is 451. The van der Waals surface area contributed by atoms with Crippen molar-refractivity contribution in [1.82, 2.24) is 9.80 Å². The molecular weight excluding hydrogens is 280 g/mol. The second-order valence-corrected chi connectivity index (χ2v) is 5.51. The van der Waals surface area contributed by atoms with Crippen LogP contribution in [0.5, 0.6) is 5.75 Å². The Labute approximate surface area is 133 Å². The summed E-state index contributed by atoms with van der Waals surface area (Å²) in [4.78, 5) is 15.8. The molecule has 1 aromatic carbocycles. The monoisotopic (exact) mass is 308 g/mol. The summed E-state index contributed by atoms with van der Waals surface area (Å²) >= 11 is 0. The Balaban J connectivity index is 2.25. The van der Waals surface area contributed by atoms with Crippen LogP contribution in [0.25, 0.3) is 0 Å². The molecule has 0 fully saturated rings. The van der Waals surface area contributed by atoms with Crippen molar-refractivity contribution in [2.75, 3.05) is 54.1 Å². The van der Waals surface area contributed by atoms with Crippen molar-refractivity contribution in [2.45, 2.75) is 13.3 Å². The zero-order valence-corrected chi connectivity index (χ0v) is 14.2. The lowest BCUT2D eigenvalue weighted by atomic mass is 10.2. The zero-order valence-electron chi connectivity index (χ0n) is 14.2. The first-order valence-corrected chi connectivity index (χ1v) is 7.64. The summed E-state index contributed by atoms with van der Waals surface area (Å²) in [6.45, 7) is 5.09. The number of amides is 1. The molecule has 1 aromatic rings. The van der Waals surface area contributed by atoms with Gasteiger partial charge < -0.3 is 14.4 Å². The zero-order chi connectivity index (χ0) is 16.4. The average molecular weight is 308 g/mol. The summed E-state index contributed by atoms with van der Waals surface area (Å²) in [7, 11) is 5.45. The second-order valence-electron chi connectivity index (χ2n) is 5.51. The number of methoxy groups -OCH3 is 1. The first-order chi connectivity index (χ1) is 10.5. The third kappa shape index (κ3) is 6.91. The van der Waals surface area contributed by atoms with E-state index in [4.69, 9.17) is 9.47 Å². The van der Waals surface area contributed by atoms with E-state index in [2.05, 4.69) is 0 Å². The van der Waals surface area contributed by atoms with Crippen LogP contribution in [0.3, 0.4) is 0 Å². The lowest BCUT2D eigenvalue weighted by Gasteiger charge is -2.22. The normalized spacial score (nSPS) is 10.8. The highest BCUT2D eigenvalue weighted by Crippen LogP contribution is 2.15. The number of benzene rings is 1. The average Bonchev–Trinajstić information content (AvgIpc) is 2.49. The Morgan fingerprint density at radius 1 is 1.14 bits per heavy atom. The predicted molar refractivity (Wildman–Crippen MR) is 88.3 cm³/mol. The number of rotatable bonds is 10. The van der Waals surface area contributed by atoms with Gasteiger partial charge in [-0.05, 0) is 32.0 Å². The van der Waals surface area contributed by atoms with E-state index in [0.29, 0.717) is 19.7 Å². The molecular formula is C17H28N2O3. The maximum Gasteiger partial charge on any atom is 0.236 e. The number of carbonyl (C=O) groups excluding carboxylic acids is 1. The van der Waals surface area contributed by atoms with E-state index in [1.807, 2.05) is 50.2 Å². The number of nitrogens with zero attached hydrogens (tertiary/aromatic N) is 2. The van der Waals surface area contributed by atoms with Gasteiger partial charge in [-0.2, -0.15) is 0 Å². The summed E-state index contributed by atoms with van der Waals surface area (Å²) in [6, 6.07) is 7.89. The molecule has 0 spiro atoms. The van der Waals surface area contributed by atoms with Gasteiger partial charge in [0.05, 0.1) is 13.1 Å². The number of hydrogen-bond acceptors (Lipinski definition) is 4. The molecule has 124 valence electrons. The van der Waals surface area contributed by atoms with Gasteiger partial charge in [0, 0.05) is 27.3 Å². The molecule has 0 aliphatic carbocycles. The van der Waals surface area contributed by atoms with Crippen LogP contribution < -0.4 is 4.74 Å². The maximum absolute atomic E-state index is 12.1. The van der Waals surface area contributed by atoms with Gasteiger partial charge >= 0.3 is 0 Å². The summed E-state index contributed by atoms with van der Waals surface area (Å²) in [6.07, 6.45) is 0.931. The van der Waals surface area contributed by atoms with Gasteiger partial charge in [-0.3, -0.25) is 9.69 Å². The SMILES string of the molecule is COCCCN(C)CC(=O)N(C)CCOc1ccccc1C. The fourth-order valence-electron chi connectivity index (χ4n) is 2.05. The molecule has 0 heterocycles. The Hall–Kier alpha value is -1.59. The molecule has 0 saturated carbocycles. The second kappa shape index (κ2) is 10.2. The molecule has 0 aliphatic rings. The number of hydrogen-bond donors (Lipinski definition) is 0. The summed E-state index contributed by atoms with van der Waals surface area (Å²) in [5, 5.41) is 0. The van der Waals surface area contributed by atoms with Gasteiger partial charge in [-0.25, -0.2) is 0 Å². The van der Waals surface area contributed by atoms with Crippen LogP contribution in [-0.2, 0) is 9.53 Å². The van der Waals surface area contributed by atoms with Gasteiger partial charge in [0.15, 0.2) is 0 Å². The van der Waals surface area contributed by atoms with Crippen molar-refractivity contribution >= 4 is 5.91 Å². The summed E-state index contributed by atoms with van der Waals surface area (Å²) < 4.78 is 10.7. The smallest absolute Gasteiger partial charge is 0.236 e. The number of aryl methyl sites for hydroxylation is 1. The molecule has 0 aliphatic heterocycles. The molecule has 5 heteroatoms. The lowest BCUT2D eigenvalue weighted by molar-refractivity contribution is -0.131. The molecule has 1 rings (SSSR count). The van der Waals surface area contributed by atoms with Crippen molar-refractivity contribution in [2.24, 2.45) is 0 Å². The van der Waals surface area contributed by atoms with E-state index < -0.39 is 0 Å². The highest BCUT2D eigenvalue weighted by atomic mass is 16.5. The fourth-order valence-corrected chi connectivity index (χ4v) is 2.05. The van der Waals surface area contributed by atoms with Crippen LogP contribution >= 0.6 is 0 Å². The van der Waals surface area contributed by atoms with Crippen molar-refractivity contribution in [3.63, 3.8) is 0 Å². The van der Waals surface area contributed by atoms with Crippen molar-refractivity contribution in [1.29, 1.82) is 0 Å². The minimum Gasteiger partial charge on any atom is -0.491 e. The van der Waals surface area contributed by atoms with Crippen LogP contribution in [0.4, 0.5) is 0 Å². The topological polar surface area (TPSA) is 42.0 Å². The van der Waals surface area contributed by atoms with Crippen LogP contribution in [0.2, 0.25) is 0 Å². The number of carbonyl (C=O) groups is 1. The maximum atomic E-state index is 12.1. The Kier molecular flexibility index (Phi) is 8.55. The highest BCUT2D eigenvalue weighted by Gasteiger charge is 2.11. The van der Waals surface area contributed by atoms with Gasteiger partial charge in [-0.1, -0.05) is 18.2 Å². The van der Waals surface area contributed by atoms with E-state index in [1.54, 1.807) is 12.0 Å². The van der Waals surface area contributed by atoms with E-state index in [0.717, 1.165) is 30.9 Å². The third-order valence-electron chi connectivity index (χ3n) is 3.50. The standard InChI is InChI=1S/C17H28N2O3/c1-15-8-5-6-9-16(15)22-13-11-19(3)17(20)14-18(2)10-7-12-21-4/h5-6,8-9H,7,10-14H2,1-4H3. The lowest BCUT2D eigenvalue weighted by Crippen LogP contribution is -2.39. The quantitative estimate of drug-likeness (QED) is 0.618. The molecule has 0 atom stereocenters. The molecule has 0 bridgehead atoms. The van der Waals surface area contributed by atoms with Crippen molar-refractivity contribution in [3.8, 4) is 5.75 Å². The largest absolute Gasteiger partial charge is 0.491 e. The fraction of sp³-hybridized carbons (Fsp3) is 0.588. The van der Waals surface area contributed by atoms with Crippen molar-refractivity contribution in [3.05, 3.63) is 29.8 Å². The first kappa shape index (κ1) is 18.5. The van der Waals surface area contributed by atoms with Gasteiger partial charge in [0.25, 0.3) is 0 Å². The molecule has 0 saturated heterocycles. The van der Waals surface area contributed by atoms with Crippen LogP contribution in [0.15, 0.2) is 24.3 Å². The van der Waals surface area contributed by atoms with Crippen LogP contribution in [-0.4, -0.2) is 69.8 Å². The van der Waals surface area contributed by atoms with E-state index >= 15 is 0 Å².